The lowest BCUT2D eigenvalue weighted by molar-refractivity contribution is -0.133. The van der Waals surface area contributed by atoms with Gasteiger partial charge in [-0.15, -0.1) is 0 Å². The number of hydrogen-bond acceptors (Lipinski definition) is 7. The molecule has 2 saturated heterocycles. The van der Waals surface area contributed by atoms with Crippen LogP contribution in [0.15, 0.2) is 42.5 Å². The SMILES string of the molecule is COCCCN1C(=O)C(C)(C)Oc2ccc(N3C(=O)[C@@H]4C[C@H](C(=O)N[C@H]5CCc6ccccc65)CN(C4)C(=O)OC(C)(C)C4CC43)cc21. The Kier molecular flexibility index (Phi) is 8.17. The Morgan fingerprint density at radius 1 is 1.02 bits per heavy atom. The Morgan fingerprint density at radius 3 is 2.60 bits per heavy atom. The van der Waals surface area contributed by atoms with Crippen LogP contribution in [0.4, 0.5) is 16.2 Å². The van der Waals surface area contributed by atoms with Crippen molar-refractivity contribution in [2.24, 2.45) is 17.8 Å². The Bertz CT molecular complexity index is 1640. The summed E-state index contributed by atoms with van der Waals surface area (Å²) in [5, 5.41) is 3.23. The van der Waals surface area contributed by atoms with Crippen molar-refractivity contribution in [3.63, 3.8) is 0 Å². The first kappa shape index (κ1) is 32.4. The molecule has 0 aromatic heterocycles. The van der Waals surface area contributed by atoms with Crippen molar-refractivity contribution in [2.45, 2.75) is 83.1 Å². The molecule has 2 aromatic rings. The summed E-state index contributed by atoms with van der Waals surface area (Å²) in [6.07, 6.45) is 2.87. The zero-order valence-corrected chi connectivity index (χ0v) is 28.5. The highest BCUT2D eigenvalue weighted by molar-refractivity contribution is 6.04. The predicted octanol–water partition coefficient (Wildman–Crippen LogP) is 4.62. The average Bonchev–Trinajstić information content (AvgIpc) is 3.76. The lowest BCUT2D eigenvalue weighted by atomic mass is 9.86. The number of aryl methyl sites for hydroxylation is 1. The monoisotopic (exact) mass is 658 g/mol. The fourth-order valence-corrected chi connectivity index (χ4v) is 8.17. The van der Waals surface area contributed by atoms with E-state index in [1.54, 1.807) is 30.8 Å². The van der Waals surface area contributed by atoms with Crippen LogP contribution in [0.2, 0.25) is 0 Å². The molecule has 0 radical (unpaired) electrons. The maximum atomic E-state index is 14.7. The second kappa shape index (κ2) is 12.1. The first-order valence-electron chi connectivity index (χ1n) is 17.2. The molecule has 256 valence electrons. The highest BCUT2D eigenvalue weighted by atomic mass is 16.6. The molecule has 2 bridgehead atoms. The number of carbonyl (C=O) groups is 4. The topological polar surface area (TPSA) is 118 Å². The molecule has 5 aliphatic rings. The van der Waals surface area contributed by atoms with Gasteiger partial charge in [-0.25, -0.2) is 4.79 Å². The third-order valence-electron chi connectivity index (χ3n) is 10.8. The zero-order valence-electron chi connectivity index (χ0n) is 28.5. The summed E-state index contributed by atoms with van der Waals surface area (Å²) in [4.78, 5) is 60.7. The zero-order chi connectivity index (χ0) is 34.0. The van der Waals surface area contributed by atoms with E-state index in [4.69, 9.17) is 14.2 Å². The van der Waals surface area contributed by atoms with Crippen molar-refractivity contribution >= 4 is 35.2 Å². The molecule has 3 fully saturated rings. The summed E-state index contributed by atoms with van der Waals surface area (Å²) in [7, 11) is 1.63. The normalized spacial score (nSPS) is 28.5. The van der Waals surface area contributed by atoms with Crippen molar-refractivity contribution in [1.82, 2.24) is 10.2 Å². The molecule has 3 heterocycles. The first-order valence-corrected chi connectivity index (χ1v) is 17.2. The van der Waals surface area contributed by atoms with Gasteiger partial charge in [-0.3, -0.25) is 14.4 Å². The number of piperidine rings is 1. The van der Waals surface area contributed by atoms with Crippen molar-refractivity contribution in [2.75, 3.05) is 43.2 Å². The minimum absolute atomic E-state index is 0.0717. The number of hydrogen-bond donors (Lipinski definition) is 1. The van der Waals surface area contributed by atoms with Crippen molar-refractivity contribution < 1.29 is 33.4 Å². The number of nitrogens with one attached hydrogen (secondary N) is 1. The van der Waals surface area contributed by atoms with E-state index >= 15 is 0 Å². The molecule has 5 atom stereocenters. The minimum Gasteiger partial charge on any atom is -0.476 e. The van der Waals surface area contributed by atoms with E-state index in [0.717, 1.165) is 18.4 Å². The van der Waals surface area contributed by atoms with Crippen LogP contribution in [0.5, 0.6) is 5.75 Å². The largest absolute Gasteiger partial charge is 0.476 e. The number of rotatable bonds is 7. The molecule has 48 heavy (non-hydrogen) atoms. The van der Waals surface area contributed by atoms with E-state index in [-0.39, 0.29) is 48.8 Å². The smallest absolute Gasteiger partial charge is 0.410 e. The number of cyclic esters (lactones) is 1. The van der Waals surface area contributed by atoms with Crippen LogP contribution in [0, 0.1) is 17.8 Å². The van der Waals surface area contributed by atoms with Crippen LogP contribution in [0.25, 0.3) is 0 Å². The van der Waals surface area contributed by atoms with Gasteiger partial charge in [-0.05, 0) is 89.1 Å². The van der Waals surface area contributed by atoms with E-state index in [1.807, 2.05) is 49.1 Å². The summed E-state index contributed by atoms with van der Waals surface area (Å²) >= 11 is 0. The van der Waals surface area contributed by atoms with Gasteiger partial charge < -0.3 is 34.2 Å². The number of nitrogens with zero attached hydrogens (tertiary/aromatic N) is 3. The Balaban J connectivity index is 1.20. The van der Waals surface area contributed by atoms with Crippen molar-refractivity contribution in [1.29, 1.82) is 0 Å². The number of anilines is 2. The van der Waals surface area contributed by atoms with Crippen LogP contribution in [0.3, 0.4) is 0 Å². The second-order valence-corrected chi connectivity index (χ2v) is 15.0. The van der Waals surface area contributed by atoms with E-state index in [9.17, 15) is 19.2 Å². The summed E-state index contributed by atoms with van der Waals surface area (Å²) in [5.74, 6) is -1.11. The van der Waals surface area contributed by atoms with Gasteiger partial charge >= 0.3 is 6.09 Å². The molecule has 4 amide bonds. The fraction of sp³-hybridized carbons (Fsp3) is 0.568. The van der Waals surface area contributed by atoms with Crippen LogP contribution in [-0.2, 0) is 30.3 Å². The number of carbonyl (C=O) groups excluding carboxylic acids is 4. The maximum Gasteiger partial charge on any atom is 0.410 e. The van der Waals surface area contributed by atoms with Gasteiger partial charge in [-0.1, -0.05) is 24.3 Å². The molecule has 3 aliphatic heterocycles. The number of fused-ring (bicyclic) bond motifs is 5. The summed E-state index contributed by atoms with van der Waals surface area (Å²) in [6, 6.07) is 13.4. The van der Waals surface area contributed by atoms with E-state index in [1.165, 1.54) is 5.56 Å². The van der Waals surface area contributed by atoms with Crippen LogP contribution < -0.4 is 19.9 Å². The number of amides is 4. The molecular weight excluding hydrogens is 612 g/mol. The van der Waals surface area contributed by atoms with Crippen LogP contribution >= 0.6 is 0 Å². The standard InChI is InChI=1S/C37H46N4O7/c1-36(2)27-19-29(27)41(25-12-14-31-30(18-25)40(15-8-16-46-5)34(44)37(3,4)47-31)33(43)24-17-23(20-39(21-24)35(45)48-36)32(42)38-28-13-11-22-9-6-7-10-26(22)28/h6-7,9-10,12,14,18,23-24,27-29H,8,11,13,15-17,19-21H2,1-5H3,(H,38,42)/t23-,24+,27?,28-,29?/m0/s1. The third-order valence-corrected chi connectivity index (χ3v) is 10.8. The summed E-state index contributed by atoms with van der Waals surface area (Å²) in [5.41, 5.74) is 1.76. The number of methoxy groups -OCH3 is 1. The van der Waals surface area contributed by atoms with Gasteiger partial charge in [0.15, 0.2) is 5.60 Å². The highest BCUT2D eigenvalue weighted by Crippen LogP contribution is 2.50. The van der Waals surface area contributed by atoms with Crippen molar-refractivity contribution in [3.05, 3.63) is 53.6 Å². The van der Waals surface area contributed by atoms with Crippen LogP contribution in [-0.4, -0.2) is 79.3 Å². The molecule has 11 heteroatoms. The lowest BCUT2D eigenvalue weighted by Crippen LogP contribution is -2.56. The maximum absolute atomic E-state index is 14.7. The predicted molar refractivity (Wildman–Crippen MR) is 179 cm³/mol. The third kappa shape index (κ3) is 5.80. The van der Waals surface area contributed by atoms with Gasteiger partial charge in [0, 0.05) is 51.0 Å². The lowest BCUT2D eigenvalue weighted by Gasteiger charge is -2.42. The first-order chi connectivity index (χ1) is 22.9. The Morgan fingerprint density at radius 2 is 1.81 bits per heavy atom. The molecule has 2 aliphatic carbocycles. The van der Waals surface area contributed by atoms with Gasteiger partial charge in [-0.2, -0.15) is 0 Å². The molecular formula is C37H46N4O7. The van der Waals surface area contributed by atoms with Crippen LogP contribution in [0.1, 0.15) is 70.5 Å². The summed E-state index contributed by atoms with van der Waals surface area (Å²) in [6.45, 7) is 8.61. The van der Waals surface area contributed by atoms with Crippen molar-refractivity contribution in [3.8, 4) is 5.75 Å². The van der Waals surface area contributed by atoms with E-state index in [0.29, 0.717) is 49.5 Å². The molecule has 2 aromatic carbocycles. The molecule has 7 rings (SSSR count). The van der Waals surface area contributed by atoms with E-state index < -0.39 is 29.1 Å². The molecule has 1 N–H and O–H groups in total. The average molecular weight is 659 g/mol. The van der Waals surface area contributed by atoms with Gasteiger partial charge in [0.1, 0.15) is 11.4 Å². The fourth-order valence-electron chi connectivity index (χ4n) is 8.17. The number of ether oxygens (including phenoxy) is 3. The van der Waals surface area contributed by atoms with E-state index in [2.05, 4.69) is 17.4 Å². The quantitative estimate of drug-likeness (QED) is 0.432. The molecule has 0 spiro atoms. The molecule has 1 saturated carbocycles. The van der Waals surface area contributed by atoms with Gasteiger partial charge in [0.2, 0.25) is 11.8 Å². The number of benzene rings is 2. The summed E-state index contributed by atoms with van der Waals surface area (Å²) < 4.78 is 17.5. The second-order valence-electron chi connectivity index (χ2n) is 15.0. The highest BCUT2D eigenvalue weighted by Gasteiger charge is 2.57. The molecule has 11 nitrogen and oxygen atoms in total. The van der Waals surface area contributed by atoms with Gasteiger partial charge in [0.25, 0.3) is 5.91 Å². The minimum atomic E-state index is -1.04. The Hall–Kier alpha value is -4.12. The molecule has 2 unspecified atom stereocenters. The van der Waals surface area contributed by atoms with Gasteiger partial charge in [0.05, 0.1) is 23.6 Å². The Labute approximate surface area is 281 Å².